The van der Waals surface area contributed by atoms with Crippen LogP contribution >= 0.6 is 0 Å². The molecule has 0 saturated heterocycles. The van der Waals surface area contributed by atoms with Gasteiger partial charge in [-0.15, -0.1) is 0 Å². The van der Waals surface area contributed by atoms with Crippen molar-refractivity contribution in [3.63, 3.8) is 0 Å². The van der Waals surface area contributed by atoms with Gasteiger partial charge in [0.25, 0.3) is 5.91 Å². The second kappa shape index (κ2) is 6.73. The molecule has 7 nitrogen and oxygen atoms in total. The van der Waals surface area contributed by atoms with Crippen LogP contribution in [0.1, 0.15) is 10.4 Å². The Morgan fingerprint density at radius 2 is 1.76 bits per heavy atom. The monoisotopic (exact) mass is 362 g/mol. The Hall–Kier alpha value is -2.58. The van der Waals surface area contributed by atoms with E-state index in [2.05, 4.69) is 5.32 Å². The zero-order chi connectivity index (χ0) is 18.0. The zero-order valence-corrected chi connectivity index (χ0v) is 14.7. The number of anilines is 1. The molecule has 0 aromatic heterocycles. The van der Waals surface area contributed by atoms with E-state index in [-0.39, 0.29) is 10.8 Å². The third-order valence-electron chi connectivity index (χ3n) is 3.67. The van der Waals surface area contributed by atoms with E-state index in [9.17, 15) is 13.2 Å². The number of sulfonamides is 1. The minimum atomic E-state index is -3.57. The Bertz CT molecular complexity index is 909. The molecule has 3 rings (SSSR count). The minimum absolute atomic E-state index is 0.109. The highest BCUT2D eigenvalue weighted by Gasteiger charge is 2.18. The molecule has 1 heterocycles. The van der Waals surface area contributed by atoms with Gasteiger partial charge in [0, 0.05) is 25.3 Å². The molecule has 0 unspecified atom stereocenters. The van der Waals surface area contributed by atoms with E-state index in [1.807, 2.05) is 0 Å². The lowest BCUT2D eigenvalue weighted by molar-refractivity contribution is 0.102. The van der Waals surface area contributed by atoms with Crippen molar-refractivity contribution >= 4 is 21.6 Å². The predicted octanol–water partition coefficient (Wildman–Crippen LogP) is 1.96. The van der Waals surface area contributed by atoms with Crippen molar-refractivity contribution in [2.24, 2.45) is 0 Å². The summed E-state index contributed by atoms with van der Waals surface area (Å²) >= 11 is 0. The first-order chi connectivity index (χ1) is 11.9. The highest BCUT2D eigenvalue weighted by atomic mass is 32.2. The first-order valence-electron chi connectivity index (χ1n) is 7.61. The standard InChI is InChI=1S/C17H18N2O5S/c1-19(2)25(21,22)14-5-3-4-13(11-14)18-17(20)12-6-7-15-16(10-12)24-9-8-23-15/h3-7,10-11H,8-9H2,1-2H3,(H,18,20). The van der Waals surface area contributed by atoms with Crippen LogP contribution in [0.3, 0.4) is 0 Å². The molecule has 0 atom stereocenters. The van der Waals surface area contributed by atoms with Crippen LogP contribution < -0.4 is 14.8 Å². The molecule has 2 aromatic rings. The summed E-state index contributed by atoms with van der Waals surface area (Å²) in [5.41, 5.74) is 0.785. The van der Waals surface area contributed by atoms with Crippen molar-refractivity contribution in [1.29, 1.82) is 0 Å². The highest BCUT2D eigenvalue weighted by molar-refractivity contribution is 7.89. The van der Waals surface area contributed by atoms with Crippen LogP contribution in [0.2, 0.25) is 0 Å². The molecule has 1 aliphatic rings. The summed E-state index contributed by atoms with van der Waals surface area (Å²) in [7, 11) is -0.658. The van der Waals surface area contributed by atoms with Crippen molar-refractivity contribution in [3.05, 3.63) is 48.0 Å². The fraction of sp³-hybridized carbons (Fsp3) is 0.235. The molecule has 25 heavy (non-hydrogen) atoms. The van der Waals surface area contributed by atoms with Crippen LogP contribution in [0.5, 0.6) is 11.5 Å². The van der Waals surface area contributed by atoms with Gasteiger partial charge in [0.2, 0.25) is 10.0 Å². The summed E-state index contributed by atoms with van der Waals surface area (Å²) < 4.78 is 36.4. The average Bonchev–Trinajstić information content (AvgIpc) is 2.61. The number of carbonyl (C=O) groups is 1. The second-order valence-electron chi connectivity index (χ2n) is 5.63. The Balaban J connectivity index is 1.82. The van der Waals surface area contributed by atoms with Gasteiger partial charge >= 0.3 is 0 Å². The van der Waals surface area contributed by atoms with E-state index in [1.165, 1.54) is 26.2 Å². The van der Waals surface area contributed by atoms with Gasteiger partial charge < -0.3 is 14.8 Å². The summed E-state index contributed by atoms with van der Waals surface area (Å²) in [6.07, 6.45) is 0. The highest BCUT2D eigenvalue weighted by Crippen LogP contribution is 2.31. The lowest BCUT2D eigenvalue weighted by Gasteiger charge is -2.18. The Morgan fingerprint density at radius 3 is 2.48 bits per heavy atom. The number of nitrogens with zero attached hydrogens (tertiary/aromatic N) is 1. The third kappa shape index (κ3) is 3.59. The van der Waals surface area contributed by atoms with Crippen LogP contribution in [0.25, 0.3) is 0 Å². The molecular weight excluding hydrogens is 344 g/mol. The van der Waals surface area contributed by atoms with Crippen molar-refractivity contribution in [2.75, 3.05) is 32.6 Å². The van der Waals surface area contributed by atoms with Gasteiger partial charge in [0.1, 0.15) is 13.2 Å². The summed E-state index contributed by atoms with van der Waals surface area (Å²) in [5, 5.41) is 2.70. The maximum Gasteiger partial charge on any atom is 0.255 e. The maximum atomic E-state index is 12.4. The van der Waals surface area contributed by atoms with E-state index < -0.39 is 10.0 Å². The summed E-state index contributed by atoms with van der Waals surface area (Å²) in [6.45, 7) is 0.911. The van der Waals surface area contributed by atoms with Gasteiger partial charge in [-0.3, -0.25) is 4.79 Å². The van der Waals surface area contributed by atoms with Crippen LogP contribution in [0.4, 0.5) is 5.69 Å². The number of ether oxygens (including phenoxy) is 2. The van der Waals surface area contributed by atoms with Crippen LogP contribution in [-0.2, 0) is 10.0 Å². The lowest BCUT2D eigenvalue weighted by Crippen LogP contribution is -2.22. The minimum Gasteiger partial charge on any atom is -0.486 e. The number of hydrogen-bond acceptors (Lipinski definition) is 5. The molecule has 1 N–H and O–H groups in total. The molecule has 0 fully saturated rings. The normalized spacial score (nSPS) is 13.6. The predicted molar refractivity (Wildman–Crippen MR) is 92.7 cm³/mol. The average molecular weight is 362 g/mol. The van der Waals surface area contributed by atoms with Gasteiger partial charge in [-0.05, 0) is 36.4 Å². The molecule has 1 aliphatic heterocycles. The number of carbonyl (C=O) groups excluding carboxylic acids is 1. The maximum absolute atomic E-state index is 12.4. The molecule has 0 bridgehead atoms. The number of hydrogen-bond donors (Lipinski definition) is 1. The molecule has 0 aliphatic carbocycles. The fourth-order valence-corrected chi connectivity index (χ4v) is 3.28. The summed E-state index contributed by atoms with van der Waals surface area (Å²) in [4.78, 5) is 12.5. The van der Waals surface area contributed by atoms with Crippen molar-refractivity contribution in [2.45, 2.75) is 4.90 Å². The van der Waals surface area contributed by atoms with Gasteiger partial charge in [0.05, 0.1) is 4.90 Å². The molecule has 132 valence electrons. The van der Waals surface area contributed by atoms with Crippen LogP contribution in [0.15, 0.2) is 47.4 Å². The van der Waals surface area contributed by atoms with E-state index in [0.29, 0.717) is 36.0 Å². The molecule has 0 saturated carbocycles. The molecule has 2 aromatic carbocycles. The van der Waals surface area contributed by atoms with Crippen LogP contribution in [0, 0.1) is 0 Å². The van der Waals surface area contributed by atoms with Crippen molar-refractivity contribution in [3.8, 4) is 11.5 Å². The van der Waals surface area contributed by atoms with Crippen molar-refractivity contribution < 1.29 is 22.7 Å². The summed E-state index contributed by atoms with van der Waals surface area (Å²) in [6, 6.07) is 11.0. The fourth-order valence-electron chi connectivity index (χ4n) is 2.33. The third-order valence-corrected chi connectivity index (χ3v) is 5.49. The number of benzene rings is 2. The smallest absolute Gasteiger partial charge is 0.255 e. The topological polar surface area (TPSA) is 84.9 Å². The largest absolute Gasteiger partial charge is 0.486 e. The van der Waals surface area contributed by atoms with Gasteiger partial charge in [-0.2, -0.15) is 0 Å². The molecular formula is C17H18N2O5S. The molecule has 0 radical (unpaired) electrons. The van der Waals surface area contributed by atoms with E-state index in [0.717, 1.165) is 4.31 Å². The lowest BCUT2D eigenvalue weighted by atomic mass is 10.1. The van der Waals surface area contributed by atoms with Gasteiger partial charge in [-0.1, -0.05) is 6.07 Å². The SMILES string of the molecule is CN(C)S(=O)(=O)c1cccc(NC(=O)c2ccc3c(c2)OCCO3)c1. The van der Waals surface area contributed by atoms with E-state index in [4.69, 9.17) is 9.47 Å². The summed E-state index contributed by atoms with van der Waals surface area (Å²) in [5.74, 6) is 0.751. The van der Waals surface area contributed by atoms with Crippen molar-refractivity contribution in [1.82, 2.24) is 4.31 Å². The molecule has 0 spiro atoms. The Kier molecular flexibility index (Phi) is 4.65. The first kappa shape index (κ1) is 17.2. The van der Waals surface area contributed by atoms with Gasteiger partial charge in [0.15, 0.2) is 11.5 Å². The molecule has 1 amide bonds. The second-order valence-corrected chi connectivity index (χ2v) is 7.78. The quantitative estimate of drug-likeness (QED) is 0.899. The van der Waals surface area contributed by atoms with Gasteiger partial charge in [-0.25, -0.2) is 12.7 Å². The van der Waals surface area contributed by atoms with E-state index >= 15 is 0 Å². The zero-order valence-electron chi connectivity index (χ0n) is 13.9. The van der Waals surface area contributed by atoms with Crippen LogP contribution in [-0.4, -0.2) is 45.9 Å². The number of amides is 1. The number of nitrogens with one attached hydrogen (secondary N) is 1. The number of rotatable bonds is 4. The Morgan fingerprint density at radius 1 is 1.04 bits per heavy atom. The number of fused-ring (bicyclic) bond motifs is 1. The Labute approximate surface area is 146 Å². The molecule has 8 heteroatoms. The first-order valence-corrected chi connectivity index (χ1v) is 9.05. The van der Waals surface area contributed by atoms with E-state index in [1.54, 1.807) is 30.3 Å².